The number of piperidine rings is 1. The highest BCUT2D eigenvalue weighted by Gasteiger charge is 2.18. The van der Waals surface area contributed by atoms with Crippen LogP contribution in [0.4, 0.5) is 0 Å². The molecule has 16 heavy (non-hydrogen) atoms. The van der Waals surface area contributed by atoms with Gasteiger partial charge in [-0.25, -0.2) is 0 Å². The van der Waals surface area contributed by atoms with Gasteiger partial charge in [-0.05, 0) is 65.1 Å². The Balaban J connectivity index is 2.25. The van der Waals surface area contributed by atoms with E-state index >= 15 is 0 Å². The van der Waals surface area contributed by atoms with E-state index in [9.17, 15) is 0 Å². The van der Waals surface area contributed by atoms with Gasteiger partial charge in [0.2, 0.25) is 0 Å². The van der Waals surface area contributed by atoms with Gasteiger partial charge in [0, 0.05) is 19.2 Å². The summed E-state index contributed by atoms with van der Waals surface area (Å²) in [5.41, 5.74) is 0. The molecule has 0 spiro atoms. The Bertz CT molecular complexity index is 167. The number of aliphatic hydroxyl groups is 1. The maximum atomic E-state index is 8.81. The molecule has 0 aliphatic carbocycles. The van der Waals surface area contributed by atoms with Crippen LogP contribution in [0.2, 0.25) is 0 Å². The Morgan fingerprint density at radius 3 is 2.50 bits per heavy atom. The Hall–Kier alpha value is -0.120. The van der Waals surface area contributed by atoms with Crippen molar-refractivity contribution in [3.05, 3.63) is 0 Å². The van der Waals surface area contributed by atoms with Crippen molar-refractivity contribution in [2.45, 2.75) is 45.6 Å². The Kier molecular flexibility index (Phi) is 7.01. The first kappa shape index (κ1) is 13.9. The van der Waals surface area contributed by atoms with E-state index in [1.807, 2.05) is 0 Å². The van der Waals surface area contributed by atoms with E-state index in [0.29, 0.717) is 12.6 Å². The maximum absolute atomic E-state index is 8.81. The SMILES string of the molecule is CC(C)N(CCCCO)CC1CCNCC1. The first-order valence-corrected chi connectivity index (χ1v) is 6.79. The molecule has 1 heterocycles. The lowest BCUT2D eigenvalue weighted by Gasteiger charge is -2.32. The molecule has 96 valence electrons. The van der Waals surface area contributed by atoms with E-state index in [1.165, 1.54) is 32.5 Å². The van der Waals surface area contributed by atoms with Gasteiger partial charge in [0.05, 0.1) is 0 Å². The van der Waals surface area contributed by atoms with Crippen LogP contribution < -0.4 is 5.32 Å². The normalized spacial score (nSPS) is 18.6. The van der Waals surface area contributed by atoms with Crippen molar-refractivity contribution < 1.29 is 5.11 Å². The van der Waals surface area contributed by atoms with Crippen LogP contribution in [0.1, 0.15) is 39.5 Å². The molecule has 0 unspecified atom stereocenters. The number of hydrogen-bond acceptors (Lipinski definition) is 3. The number of aliphatic hydroxyl groups excluding tert-OH is 1. The lowest BCUT2D eigenvalue weighted by atomic mass is 9.97. The van der Waals surface area contributed by atoms with Crippen molar-refractivity contribution in [1.29, 1.82) is 0 Å². The zero-order chi connectivity index (χ0) is 11.8. The first-order valence-electron chi connectivity index (χ1n) is 6.79. The highest BCUT2D eigenvalue weighted by molar-refractivity contribution is 4.74. The van der Waals surface area contributed by atoms with Crippen molar-refractivity contribution in [1.82, 2.24) is 10.2 Å². The van der Waals surface area contributed by atoms with Gasteiger partial charge in [0.25, 0.3) is 0 Å². The van der Waals surface area contributed by atoms with Crippen LogP contribution in [0.3, 0.4) is 0 Å². The van der Waals surface area contributed by atoms with Crippen molar-refractivity contribution in [3.63, 3.8) is 0 Å². The predicted octanol–water partition coefficient (Wildman–Crippen LogP) is 1.47. The highest BCUT2D eigenvalue weighted by atomic mass is 16.2. The number of nitrogens with one attached hydrogen (secondary N) is 1. The third-order valence-corrected chi connectivity index (χ3v) is 3.54. The molecular formula is C13H28N2O. The summed E-state index contributed by atoms with van der Waals surface area (Å²) >= 11 is 0. The first-order chi connectivity index (χ1) is 7.74. The van der Waals surface area contributed by atoms with Gasteiger partial charge in [0.15, 0.2) is 0 Å². The second-order valence-corrected chi connectivity index (χ2v) is 5.21. The fourth-order valence-corrected chi connectivity index (χ4v) is 2.38. The van der Waals surface area contributed by atoms with E-state index in [2.05, 4.69) is 24.1 Å². The lowest BCUT2D eigenvalue weighted by molar-refractivity contribution is 0.162. The second-order valence-electron chi connectivity index (χ2n) is 5.21. The minimum atomic E-state index is 0.333. The van der Waals surface area contributed by atoms with Crippen LogP contribution in [0.15, 0.2) is 0 Å². The van der Waals surface area contributed by atoms with Crippen LogP contribution >= 0.6 is 0 Å². The average Bonchev–Trinajstić information content (AvgIpc) is 2.29. The molecule has 0 saturated carbocycles. The fourth-order valence-electron chi connectivity index (χ4n) is 2.38. The third kappa shape index (κ3) is 5.28. The smallest absolute Gasteiger partial charge is 0.0431 e. The minimum absolute atomic E-state index is 0.333. The minimum Gasteiger partial charge on any atom is -0.396 e. The summed E-state index contributed by atoms with van der Waals surface area (Å²) < 4.78 is 0. The summed E-state index contributed by atoms with van der Waals surface area (Å²) in [5.74, 6) is 0.873. The Morgan fingerprint density at radius 2 is 1.94 bits per heavy atom. The van der Waals surface area contributed by atoms with Gasteiger partial charge in [-0.15, -0.1) is 0 Å². The standard InChI is InChI=1S/C13H28N2O/c1-12(2)15(9-3-4-10-16)11-13-5-7-14-8-6-13/h12-14,16H,3-11H2,1-2H3. The topological polar surface area (TPSA) is 35.5 Å². The second kappa shape index (κ2) is 8.04. The van der Waals surface area contributed by atoms with Gasteiger partial charge in [-0.1, -0.05) is 0 Å². The molecule has 0 aromatic rings. The van der Waals surface area contributed by atoms with E-state index in [-0.39, 0.29) is 0 Å². The van der Waals surface area contributed by atoms with Gasteiger partial charge in [0.1, 0.15) is 0 Å². The maximum Gasteiger partial charge on any atom is 0.0431 e. The molecule has 3 heteroatoms. The van der Waals surface area contributed by atoms with Crippen molar-refractivity contribution in [3.8, 4) is 0 Å². The molecule has 1 aliphatic rings. The molecule has 0 bridgehead atoms. The number of hydrogen-bond donors (Lipinski definition) is 2. The molecule has 3 nitrogen and oxygen atoms in total. The summed E-state index contributed by atoms with van der Waals surface area (Å²) in [5, 5.41) is 12.2. The summed E-state index contributed by atoms with van der Waals surface area (Å²) in [6.07, 6.45) is 4.71. The zero-order valence-corrected chi connectivity index (χ0v) is 10.9. The molecule has 0 atom stereocenters. The highest BCUT2D eigenvalue weighted by Crippen LogP contribution is 2.15. The summed E-state index contributed by atoms with van der Waals surface area (Å²) in [6, 6.07) is 0.633. The van der Waals surface area contributed by atoms with Crippen molar-refractivity contribution in [2.75, 3.05) is 32.8 Å². The monoisotopic (exact) mass is 228 g/mol. The number of unbranched alkanes of at least 4 members (excludes halogenated alkanes) is 1. The summed E-state index contributed by atoms with van der Waals surface area (Å²) in [7, 11) is 0. The van der Waals surface area contributed by atoms with E-state index in [1.54, 1.807) is 0 Å². The number of nitrogens with zero attached hydrogens (tertiary/aromatic N) is 1. The zero-order valence-electron chi connectivity index (χ0n) is 10.9. The van der Waals surface area contributed by atoms with Gasteiger partial charge >= 0.3 is 0 Å². The molecule has 1 saturated heterocycles. The van der Waals surface area contributed by atoms with Crippen LogP contribution in [0, 0.1) is 5.92 Å². The molecular weight excluding hydrogens is 200 g/mol. The Labute approximate surface area is 100 Å². The Morgan fingerprint density at radius 1 is 1.25 bits per heavy atom. The molecule has 0 amide bonds. The fraction of sp³-hybridized carbons (Fsp3) is 1.00. The summed E-state index contributed by atoms with van der Waals surface area (Å²) in [6.45, 7) is 9.65. The molecule has 1 rings (SSSR count). The third-order valence-electron chi connectivity index (χ3n) is 3.54. The molecule has 2 N–H and O–H groups in total. The molecule has 1 aliphatic heterocycles. The molecule has 1 fully saturated rings. The van der Waals surface area contributed by atoms with Crippen LogP contribution in [-0.2, 0) is 0 Å². The predicted molar refractivity (Wildman–Crippen MR) is 68.6 cm³/mol. The molecule has 0 radical (unpaired) electrons. The van der Waals surface area contributed by atoms with Crippen LogP contribution in [-0.4, -0.2) is 48.8 Å². The van der Waals surface area contributed by atoms with E-state index in [0.717, 1.165) is 25.3 Å². The molecule has 0 aromatic heterocycles. The quantitative estimate of drug-likeness (QED) is 0.648. The van der Waals surface area contributed by atoms with Crippen molar-refractivity contribution in [2.24, 2.45) is 5.92 Å². The number of rotatable bonds is 7. The van der Waals surface area contributed by atoms with Crippen LogP contribution in [0.25, 0.3) is 0 Å². The average molecular weight is 228 g/mol. The molecule has 0 aromatic carbocycles. The summed E-state index contributed by atoms with van der Waals surface area (Å²) in [4.78, 5) is 2.58. The largest absolute Gasteiger partial charge is 0.396 e. The lowest BCUT2D eigenvalue weighted by Crippen LogP contribution is -2.40. The van der Waals surface area contributed by atoms with Gasteiger partial charge in [-0.2, -0.15) is 0 Å². The van der Waals surface area contributed by atoms with Gasteiger partial charge < -0.3 is 15.3 Å². The van der Waals surface area contributed by atoms with Gasteiger partial charge in [-0.3, -0.25) is 0 Å². The van der Waals surface area contributed by atoms with Crippen LogP contribution in [0.5, 0.6) is 0 Å². The van der Waals surface area contributed by atoms with E-state index < -0.39 is 0 Å². The van der Waals surface area contributed by atoms with E-state index in [4.69, 9.17) is 5.11 Å². The van der Waals surface area contributed by atoms with Crippen molar-refractivity contribution >= 4 is 0 Å².